The van der Waals surface area contributed by atoms with Crippen LogP contribution >= 0.6 is 0 Å². The van der Waals surface area contributed by atoms with Crippen LogP contribution in [-0.2, 0) is 6.54 Å². The van der Waals surface area contributed by atoms with Crippen molar-refractivity contribution in [2.24, 2.45) is 0 Å². The maximum atomic E-state index is 12.5. The lowest BCUT2D eigenvalue weighted by Crippen LogP contribution is -2.19. The molecule has 4 aromatic heterocycles. The summed E-state index contributed by atoms with van der Waals surface area (Å²) in [6.45, 7) is 0.266. The largest absolute Gasteiger partial charge is 0.415 e. The van der Waals surface area contributed by atoms with E-state index in [0.29, 0.717) is 11.3 Å². The van der Waals surface area contributed by atoms with Gasteiger partial charge in [-0.1, -0.05) is 0 Å². The van der Waals surface area contributed by atoms with E-state index < -0.39 is 12.3 Å². The Morgan fingerprint density at radius 2 is 1.82 bits per heavy atom. The van der Waals surface area contributed by atoms with Gasteiger partial charge in [0.15, 0.2) is 0 Å². The van der Waals surface area contributed by atoms with Gasteiger partial charge in [0.25, 0.3) is 11.4 Å². The van der Waals surface area contributed by atoms with Gasteiger partial charge in [-0.25, -0.2) is 0 Å². The molecule has 0 aliphatic rings. The second kappa shape index (κ2) is 7.47. The van der Waals surface area contributed by atoms with Crippen molar-refractivity contribution >= 4 is 0 Å². The van der Waals surface area contributed by atoms with E-state index in [1.54, 1.807) is 36.8 Å². The summed E-state index contributed by atoms with van der Waals surface area (Å²) in [5.41, 5.74) is 2.58. The van der Waals surface area contributed by atoms with Crippen molar-refractivity contribution in [3.05, 3.63) is 83.1 Å². The van der Waals surface area contributed by atoms with Gasteiger partial charge >= 0.3 is 6.43 Å². The SMILES string of the molecule is O=c1cc(-c2ccncc2)ccn1Cc1ccc(-c2nnc(C(F)F)o2)cn1. The molecule has 4 rings (SSSR count). The average Bonchev–Trinajstić information content (AvgIpc) is 3.21. The lowest BCUT2D eigenvalue weighted by molar-refractivity contribution is 0.116. The molecule has 4 heterocycles. The Labute approximate surface area is 157 Å². The highest BCUT2D eigenvalue weighted by Crippen LogP contribution is 2.22. The molecular weight excluding hydrogens is 368 g/mol. The third-order valence-electron chi connectivity index (χ3n) is 4.04. The van der Waals surface area contributed by atoms with E-state index in [0.717, 1.165) is 11.1 Å². The summed E-state index contributed by atoms with van der Waals surface area (Å²) >= 11 is 0. The molecule has 140 valence electrons. The summed E-state index contributed by atoms with van der Waals surface area (Å²) in [5, 5.41) is 6.86. The fourth-order valence-electron chi connectivity index (χ4n) is 2.62. The molecule has 28 heavy (non-hydrogen) atoms. The Kier molecular flexibility index (Phi) is 4.71. The summed E-state index contributed by atoms with van der Waals surface area (Å²) in [4.78, 5) is 20.6. The van der Waals surface area contributed by atoms with E-state index in [1.165, 1.54) is 10.8 Å². The topological polar surface area (TPSA) is 86.7 Å². The minimum absolute atomic E-state index is 0.0341. The molecule has 7 nitrogen and oxygen atoms in total. The number of hydrogen-bond donors (Lipinski definition) is 0. The van der Waals surface area contributed by atoms with Gasteiger partial charge in [-0.15, -0.1) is 10.2 Å². The van der Waals surface area contributed by atoms with E-state index in [9.17, 15) is 13.6 Å². The monoisotopic (exact) mass is 381 g/mol. The molecule has 0 amide bonds. The van der Waals surface area contributed by atoms with Gasteiger partial charge < -0.3 is 8.98 Å². The number of rotatable bonds is 5. The quantitative estimate of drug-likeness (QED) is 0.527. The molecule has 0 aliphatic carbocycles. The zero-order valence-corrected chi connectivity index (χ0v) is 14.4. The third-order valence-corrected chi connectivity index (χ3v) is 4.04. The molecule has 0 fully saturated rings. The molecule has 0 bridgehead atoms. The van der Waals surface area contributed by atoms with Gasteiger partial charge in [0.2, 0.25) is 5.89 Å². The first-order valence-electron chi connectivity index (χ1n) is 8.28. The predicted molar refractivity (Wildman–Crippen MR) is 95.5 cm³/mol. The van der Waals surface area contributed by atoms with Crippen LogP contribution in [0, 0.1) is 0 Å². The number of aromatic nitrogens is 5. The summed E-state index contributed by atoms with van der Waals surface area (Å²) < 4.78 is 31.5. The van der Waals surface area contributed by atoms with E-state index in [1.807, 2.05) is 18.2 Å². The number of halogens is 2. The van der Waals surface area contributed by atoms with Crippen LogP contribution in [0.3, 0.4) is 0 Å². The van der Waals surface area contributed by atoms with Gasteiger partial charge in [-0.2, -0.15) is 8.78 Å². The highest BCUT2D eigenvalue weighted by atomic mass is 19.3. The van der Waals surface area contributed by atoms with Crippen LogP contribution in [0.25, 0.3) is 22.6 Å². The van der Waals surface area contributed by atoms with Crippen molar-refractivity contribution in [2.75, 3.05) is 0 Å². The Balaban J connectivity index is 1.52. The molecule has 4 aromatic rings. The minimum Gasteiger partial charge on any atom is -0.415 e. The smallest absolute Gasteiger partial charge is 0.314 e. The molecule has 0 N–H and O–H groups in total. The molecule has 0 radical (unpaired) electrons. The maximum Gasteiger partial charge on any atom is 0.314 e. The molecule has 0 aromatic carbocycles. The van der Waals surface area contributed by atoms with Crippen molar-refractivity contribution in [1.29, 1.82) is 0 Å². The number of hydrogen-bond acceptors (Lipinski definition) is 6. The van der Waals surface area contributed by atoms with Gasteiger partial charge in [-0.05, 0) is 41.5 Å². The van der Waals surface area contributed by atoms with Crippen molar-refractivity contribution in [1.82, 2.24) is 24.7 Å². The van der Waals surface area contributed by atoms with Gasteiger partial charge in [0, 0.05) is 30.9 Å². The maximum absolute atomic E-state index is 12.5. The summed E-state index contributed by atoms with van der Waals surface area (Å²) in [7, 11) is 0. The van der Waals surface area contributed by atoms with Crippen molar-refractivity contribution in [3.8, 4) is 22.6 Å². The Morgan fingerprint density at radius 1 is 1.00 bits per heavy atom. The molecule has 0 atom stereocenters. The van der Waals surface area contributed by atoms with Crippen molar-refractivity contribution < 1.29 is 13.2 Å². The van der Waals surface area contributed by atoms with Gasteiger partial charge in [0.05, 0.1) is 17.8 Å². The van der Waals surface area contributed by atoms with E-state index in [-0.39, 0.29) is 18.0 Å². The van der Waals surface area contributed by atoms with Gasteiger partial charge in [0.1, 0.15) is 0 Å². The van der Waals surface area contributed by atoms with Crippen LogP contribution in [-0.4, -0.2) is 24.7 Å². The van der Waals surface area contributed by atoms with E-state index in [2.05, 4.69) is 20.2 Å². The minimum atomic E-state index is -2.82. The molecule has 0 unspecified atom stereocenters. The van der Waals surface area contributed by atoms with Crippen LogP contribution in [0.1, 0.15) is 18.0 Å². The Hall–Kier alpha value is -3.75. The normalized spacial score (nSPS) is 11.1. The van der Waals surface area contributed by atoms with E-state index in [4.69, 9.17) is 4.42 Å². The fourth-order valence-corrected chi connectivity index (χ4v) is 2.62. The molecule has 0 saturated carbocycles. The predicted octanol–water partition coefficient (Wildman–Crippen LogP) is 3.34. The zero-order chi connectivity index (χ0) is 19.5. The molecule has 9 heteroatoms. The van der Waals surface area contributed by atoms with Crippen molar-refractivity contribution in [3.63, 3.8) is 0 Å². The molecule has 0 saturated heterocycles. The second-order valence-electron chi connectivity index (χ2n) is 5.90. The van der Waals surface area contributed by atoms with Crippen LogP contribution in [0.2, 0.25) is 0 Å². The lowest BCUT2D eigenvalue weighted by Gasteiger charge is -2.07. The highest BCUT2D eigenvalue weighted by molar-refractivity contribution is 5.61. The first kappa shape index (κ1) is 17.7. The highest BCUT2D eigenvalue weighted by Gasteiger charge is 2.17. The first-order valence-corrected chi connectivity index (χ1v) is 8.28. The molecular formula is C19H13F2N5O2. The Bertz CT molecular complexity index is 1140. The first-order chi connectivity index (χ1) is 13.6. The summed E-state index contributed by atoms with van der Waals surface area (Å²) in [5.74, 6) is -0.770. The van der Waals surface area contributed by atoms with Crippen molar-refractivity contribution in [2.45, 2.75) is 13.0 Å². The second-order valence-corrected chi connectivity index (χ2v) is 5.90. The Morgan fingerprint density at radius 3 is 2.46 bits per heavy atom. The fraction of sp³-hybridized carbons (Fsp3) is 0.105. The van der Waals surface area contributed by atoms with E-state index >= 15 is 0 Å². The third kappa shape index (κ3) is 3.68. The van der Waals surface area contributed by atoms with Crippen LogP contribution in [0.4, 0.5) is 8.78 Å². The summed E-state index contributed by atoms with van der Waals surface area (Å²) in [6, 6.07) is 10.3. The summed E-state index contributed by atoms with van der Waals surface area (Å²) in [6.07, 6.45) is 3.64. The van der Waals surface area contributed by atoms with Crippen LogP contribution in [0.15, 0.2) is 70.4 Å². The lowest BCUT2D eigenvalue weighted by atomic mass is 10.1. The molecule has 0 aliphatic heterocycles. The van der Waals surface area contributed by atoms with Crippen LogP contribution < -0.4 is 5.56 Å². The standard InChI is InChI=1S/C19H13F2N5O2/c20-17(21)19-25-24-18(28-19)14-1-2-15(23-10-14)11-26-8-5-13(9-16(26)27)12-3-6-22-7-4-12/h1-10,17H,11H2. The number of pyridine rings is 3. The average molecular weight is 381 g/mol. The van der Waals surface area contributed by atoms with Crippen LogP contribution in [0.5, 0.6) is 0 Å². The number of nitrogens with zero attached hydrogens (tertiary/aromatic N) is 5. The molecule has 0 spiro atoms. The van der Waals surface area contributed by atoms with Gasteiger partial charge in [-0.3, -0.25) is 14.8 Å². The zero-order valence-electron chi connectivity index (χ0n) is 14.4. The number of alkyl halides is 2.